The van der Waals surface area contributed by atoms with Gasteiger partial charge in [0.2, 0.25) is 0 Å². The van der Waals surface area contributed by atoms with E-state index >= 15 is 0 Å². The third-order valence-electron chi connectivity index (χ3n) is 4.16. The summed E-state index contributed by atoms with van der Waals surface area (Å²) in [5.74, 6) is 0. The maximum atomic E-state index is 10.7. The molecule has 0 heterocycles. The first-order chi connectivity index (χ1) is 11.5. The fourth-order valence-corrected chi connectivity index (χ4v) is 2.77. The first kappa shape index (κ1) is 32.3. The Kier molecular flexibility index (Phi) is 22.4. The zero-order valence-electron chi connectivity index (χ0n) is 15.5. The molecule has 2 saturated carbocycles. The van der Waals surface area contributed by atoms with Crippen LogP contribution in [0, 0.1) is 0 Å². The maximum Gasteiger partial charge on any atom is 0.508 e. The zero-order valence-corrected chi connectivity index (χ0v) is 21.1. The summed E-state index contributed by atoms with van der Waals surface area (Å²) in [6.07, 6.45) is 3.70. The van der Waals surface area contributed by atoms with E-state index in [1.807, 2.05) is 0 Å². The van der Waals surface area contributed by atoms with E-state index in [1.165, 1.54) is 14.2 Å². The molecule has 0 aromatic carbocycles. The molecule has 4 atom stereocenters. The molecule has 2 aliphatic rings. The first-order valence-corrected chi connectivity index (χ1v) is 8.33. The molecule has 2 radical (unpaired) electrons. The molecule has 8 nitrogen and oxygen atoms in total. The molecule has 10 heteroatoms. The molecule has 0 spiro atoms. The van der Waals surface area contributed by atoms with Gasteiger partial charge in [0.15, 0.2) is 0 Å². The van der Waals surface area contributed by atoms with Crippen LogP contribution in [0.2, 0.25) is 0 Å². The summed E-state index contributed by atoms with van der Waals surface area (Å²) in [6, 6.07) is 0. The van der Waals surface area contributed by atoms with Crippen molar-refractivity contribution in [3.8, 4) is 0 Å². The monoisotopic (exact) mass is 542 g/mol. The van der Waals surface area contributed by atoms with Gasteiger partial charge in [-0.05, 0) is 38.5 Å². The van der Waals surface area contributed by atoms with Crippen molar-refractivity contribution in [2.75, 3.05) is 14.2 Å². The fourth-order valence-electron chi connectivity index (χ4n) is 2.77. The molecule has 4 unspecified atom stereocenters. The number of hydrogen-bond acceptors (Lipinski definition) is 8. The summed E-state index contributed by atoms with van der Waals surface area (Å²) in [6.45, 7) is 0. The molecule has 0 bridgehead atoms. The minimum atomic E-state index is -0.707. The molecule has 0 aliphatic heterocycles. The van der Waals surface area contributed by atoms with E-state index in [2.05, 4.69) is 9.47 Å². The number of aliphatic hydroxyl groups excluding tert-OH is 2. The summed E-state index contributed by atoms with van der Waals surface area (Å²) in [5.41, 5.74) is 0. The number of methoxy groups -OCH3 is 2. The van der Waals surface area contributed by atoms with Gasteiger partial charge in [0.25, 0.3) is 0 Å². The number of rotatable bonds is 2. The molecule has 154 valence electrons. The Morgan fingerprint density at radius 1 is 0.704 bits per heavy atom. The van der Waals surface area contributed by atoms with Crippen LogP contribution in [0.15, 0.2) is 0 Å². The molecule has 2 N–H and O–H groups in total. The van der Waals surface area contributed by atoms with Crippen molar-refractivity contribution in [1.82, 2.24) is 0 Å². The standard InChI is InChI=1S/2C8H14O4.CH4.2Y/c2*1-11-8(10)12-7-5-3-2-4-6(7)9;;;/h2*6-7,9H,2-5H2,1H3;1H4;;. The zero-order chi connectivity index (χ0) is 17.9. The normalized spacial score (nSPS) is 26.2. The third-order valence-corrected chi connectivity index (χ3v) is 4.16. The maximum absolute atomic E-state index is 10.7. The summed E-state index contributed by atoms with van der Waals surface area (Å²) in [4.78, 5) is 21.3. The van der Waals surface area contributed by atoms with Gasteiger partial charge >= 0.3 is 12.3 Å². The van der Waals surface area contributed by atoms with Crippen LogP contribution in [-0.2, 0) is 84.4 Å². The Hall–Kier alpha value is 0.668. The summed E-state index contributed by atoms with van der Waals surface area (Å²) in [5, 5.41) is 18.8. The molecule has 2 aliphatic carbocycles. The summed E-state index contributed by atoms with van der Waals surface area (Å²) in [7, 11) is 2.52. The van der Waals surface area contributed by atoms with E-state index < -0.39 is 24.5 Å². The van der Waals surface area contributed by atoms with Crippen LogP contribution in [0.4, 0.5) is 9.59 Å². The smallest absolute Gasteiger partial charge is 0.438 e. The largest absolute Gasteiger partial charge is 0.508 e. The first-order valence-electron chi connectivity index (χ1n) is 8.33. The molecule has 0 aromatic heterocycles. The number of ether oxygens (including phenoxy) is 4. The van der Waals surface area contributed by atoms with Gasteiger partial charge in [0.05, 0.1) is 26.4 Å². The molecule has 0 amide bonds. The second-order valence-electron chi connectivity index (χ2n) is 5.92. The minimum Gasteiger partial charge on any atom is -0.438 e. The van der Waals surface area contributed by atoms with Crippen molar-refractivity contribution in [1.29, 1.82) is 0 Å². The Labute approximate surface area is 212 Å². The third kappa shape index (κ3) is 13.5. The van der Waals surface area contributed by atoms with Crippen LogP contribution in [0.25, 0.3) is 0 Å². The van der Waals surface area contributed by atoms with Gasteiger partial charge < -0.3 is 29.2 Å². The molecule has 0 aromatic rings. The van der Waals surface area contributed by atoms with E-state index in [0.717, 1.165) is 38.5 Å². The van der Waals surface area contributed by atoms with Crippen molar-refractivity contribution >= 4 is 12.3 Å². The Balaban J connectivity index is -0.000000384. The number of hydrogen-bond donors (Lipinski definition) is 2. The molecule has 2 fully saturated rings. The van der Waals surface area contributed by atoms with Crippen molar-refractivity contribution in [2.24, 2.45) is 0 Å². The van der Waals surface area contributed by atoms with E-state index in [4.69, 9.17) is 9.47 Å². The molecule has 27 heavy (non-hydrogen) atoms. The quantitative estimate of drug-likeness (QED) is 0.513. The number of carbonyl (C=O) groups excluding carboxylic acids is 2. The van der Waals surface area contributed by atoms with E-state index in [0.29, 0.717) is 12.8 Å². The van der Waals surface area contributed by atoms with Crippen molar-refractivity contribution in [3.63, 3.8) is 0 Å². The summed E-state index contributed by atoms with van der Waals surface area (Å²) < 4.78 is 18.3. The second-order valence-corrected chi connectivity index (χ2v) is 5.92. The van der Waals surface area contributed by atoms with Crippen LogP contribution in [0.5, 0.6) is 0 Å². The molecular formula is C17H32O8Y2. The van der Waals surface area contributed by atoms with Gasteiger partial charge in [-0.15, -0.1) is 0 Å². The Morgan fingerprint density at radius 3 is 1.26 bits per heavy atom. The predicted molar refractivity (Wildman–Crippen MR) is 90.2 cm³/mol. The predicted octanol–water partition coefficient (Wildman–Crippen LogP) is 2.78. The fraction of sp³-hybridized carbons (Fsp3) is 0.882. The average molecular weight is 542 g/mol. The van der Waals surface area contributed by atoms with Gasteiger partial charge in [-0.3, -0.25) is 0 Å². The molecule has 0 saturated heterocycles. The van der Waals surface area contributed by atoms with Crippen LogP contribution in [0.3, 0.4) is 0 Å². The van der Waals surface area contributed by atoms with Gasteiger partial charge in [0.1, 0.15) is 12.2 Å². The van der Waals surface area contributed by atoms with E-state index in [-0.39, 0.29) is 85.1 Å². The second kappa shape index (κ2) is 18.7. The van der Waals surface area contributed by atoms with Crippen LogP contribution < -0.4 is 0 Å². The number of carbonyl (C=O) groups is 2. The van der Waals surface area contributed by atoms with Gasteiger partial charge in [-0.2, -0.15) is 0 Å². The molecule has 2 rings (SSSR count). The topological polar surface area (TPSA) is 112 Å². The summed E-state index contributed by atoms with van der Waals surface area (Å²) >= 11 is 0. The van der Waals surface area contributed by atoms with Crippen molar-refractivity contribution in [2.45, 2.75) is 83.2 Å². The van der Waals surface area contributed by atoms with E-state index in [9.17, 15) is 19.8 Å². The Morgan fingerprint density at radius 2 is 1.00 bits per heavy atom. The Bertz CT molecular complexity index is 361. The minimum absolute atomic E-state index is 0. The van der Waals surface area contributed by atoms with Gasteiger partial charge in [-0.25, -0.2) is 9.59 Å². The van der Waals surface area contributed by atoms with Crippen LogP contribution in [0.1, 0.15) is 58.8 Å². The number of aliphatic hydroxyl groups is 2. The van der Waals surface area contributed by atoms with Crippen molar-refractivity contribution < 1.29 is 104 Å². The van der Waals surface area contributed by atoms with Crippen LogP contribution in [-0.4, -0.2) is 61.2 Å². The SMILES string of the molecule is C.COC(=O)OC1CCCCC1O.COC(=O)OC1CCCCC1O.[Y].[Y]. The average Bonchev–Trinajstić information content (AvgIpc) is 2.59. The van der Waals surface area contributed by atoms with Crippen LogP contribution >= 0.6 is 0 Å². The molecular weight excluding hydrogens is 510 g/mol. The van der Waals surface area contributed by atoms with E-state index in [1.54, 1.807) is 0 Å². The van der Waals surface area contributed by atoms with Crippen molar-refractivity contribution in [3.05, 3.63) is 0 Å². The van der Waals surface area contributed by atoms with Gasteiger partial charge in [0, 0.05) is 65.4 Å². The van der Waals surface area contributed by atoms with Gasteiger partial charge in [-0.1, -0.05) is 20.3 Å².